The van der Waals surface area contributed by atoms with Crippen molar-refractivity contribution in [2.75, 3.05) is 42.3 Å². The van der Waals surface area contributed by atoms with Crippen LogP contribution >= 0.6 is 23.2 Å². The third-order valence-corrected chi connectivity index (χ3v) is 3.91. The number of hydrogen-bond donors (Lipinski definition) is 2. The second-order valence-corrected chi connectivity index (χ2v) is 5.65. The highest BCUT2D eigenvalue weighted by Crippen LogP contribution is 2.32. The van der Waals surface area contributed by atoms with Crippen molar-refractivity contribution in [3.63, 3.8) is 0 Å². The van der Waals surface area contributed by atoms with E-state index in [-0.39, 0.29) is 0 Å². The maximum absolute atomic E-state index is 6.20. The largest absolute Gasteiger partial charge is 0.393 e. The van der Waals surface area contributed by atoms with Crippen LogP contribution in [0, 0.1) is 0 Å². The molecule has 6 nitrogen and oxygen atoms in total. The van der Waals surface area contributed by atoms with Crippen LogP contribution in [0.15, 0.2) is 24.5 Å². The summed E-state index contributed by atoms with van der Waals surface area (Å²) in [7, 11) is 0. The number of aromatic nitrogens is 2. The molecule has 1 aromatic carbocycles. The van der Waals surface area contributed by atoms with E-state index in [0.29, 0.717) is 46.3 Å². The van der Waals surface area contributed by atoms with Gasteiger partial charge in [-0.1, -0.05) is 23.2 Å². The SMILES string of the molecule is Nc1c(Nc2ccc(Cl)cc2Cl)ncnc1N1CCOCC1. The van der Waals surface area contributed by atoms with Gasteiger partial charge in [-0.05, 0) is 18.2 Å². The topological polar surface area (TPSA) is 76.3 Å². The van der Waals surface area contributed by atoms with E-state index in [2.05, 4.69) is 20.2 Å². The average Bonchev–Trinajstić information content (AvgIpc) is 2.53. The molecular formula is C14H15Cl2N5O. The molecule has 0 radical (unpaired) electrons. The summed E-state index contributed by atoms with van der Waals surface area (Å²) in [4.78, 5) is 10.6. The van der Waals surface area contributed by atoms with Gasteiger partial charge < -0.3 is 20.7 Å². The van der Waals surface area contributed by atoms with E-state index in [9.17, 15) is 0 Å². The molecule has 1 aromatic heterocycles. The predicted molar refractivity (Wildman–Crippen MR) is 89.2 cm³/mol. The number of anilines is 4. The molecule has 0 aliphatic carbocycles. The third kappa shape index (κ3) is 3.19. The molecule has 0 amide bonds. The Kier molecular flexibility index (Phi) is 4.52. The summed E-state index contributed by atoms with van der Waals surface area (Å²) in [5.41, 5.74) is 7.37. The Balaban J connectivity index is 1.87. The molecule has 1 saturated heterocycles. The number of ether oxygens (including phenoxy) is 1. The minimum Gasteiger partial charge on any atom is -0.393 e. The Morgan fingerprint density at radius 3 is 2.68 bits per heavy atom. The van der Waals surface area contributed by atoms with Gasteiger partial charge in [0.1, 0.15) is 12.0 Å². The Morgan fingerprint density at radius 2 is 1.95 bits per heavy atom. The van der Waals surface area contributed by atoms with Crippen molar-refractivity contribution in [2.24, 2.45) is 0 Å². The van der Waals surface area contributed by atoms with Gasteiger partial charge >= 0.3 is 0 Å². The van der Waals surface area contributed by atoms with Crippen molar-refractivity contribution >= 4 is 46.2 Å². The van der Waals surface area contributed by atoms with Crippen molar-refractivity contribution in [2.45, 2.75) is 0 Å². The van der Waals surface area contributed by atoms with E-state index in [0.717, 1.165) is 13.1 Å². The number of nitrogen functional groups attached to an aromatic ring is 1. The Morgan fingerprint density at radius 1 is 1.18 bits per heavy atom. The summed E-state index contributed by atoms with van der Waals surface area (Å²) in [6.45, 7) is 2.83. The van der Waals surface area contributed by atoms with Gasteiger partial charge in [-0.3, -0.25) is 0 Å². The summed E-state index contributed by atoms with van der Waals surface area (Å²) >= 11 is 12.1. The number of nitrogens with one attached hydrogen (secondary N) is 1. The summed E-state index contributed by atoms with van der Waals surface area (Å²) < 4.78 is 5.34. The lowest BCUT2D eigenvalue weighted by atomic mass is 10.3. The molecule has 8 heteroatoms. The van der Waals surface area contributed by atoms with E-state index in [1.54, 1.807) is 18.2 Å². The maximum atomic E-state index is 6.20. The summed E-state index contributed by atoms with van der Waals surface area (Å²) in [6.07, 6.45) is 1.48. The minimum absolute atomic E-state index is 0.482. The standard InChI is InChI=1S/C14H15Cl2N5O/c15-9-1-2-11(10(16)7-9)20-13-12(17)14(19-8-18-13)21-3-5-22-6-4-21/h1-2,7-8H,3-6,17H2,(H,18,19,20). The van der Waals surface area contributed by atoms with Crippen molar-refractivity contribution in [3.8, 4) is 0 Å². The molecule has 1 aliphatic rings. The number of rotatable bonds is 3. The Bertz CT molecular complexity index is 676. The second kappa shape index (κ2) is 6.56. The number of benzene rings is 1. The molecule has 22 heavy (non-hydrogen) atoms. The van der Waals surface area contributed by atoms with Crippen molar-refractivity contribution in [3.05, 3.63) is 34.6 Å². The molecule has 3 rings (SSSR count). The van der Waals surface area contributed by atoms with Gasteiger partial charge in [0.05, 0.1) is 23.9 Å². The third-order valence-electron chi connectivity index (χ3n) is 3.36. The monoisotopic (exact) mass is 339 g/mol. The van der Waals surface area contributed by atoms with Gasteiger partial charge in [-0.2, -0.15) is 0 Å². The van der Waals surface area contributed by atoms with Crippen LogP contribution in [-0.4, -0.2) is 36.3 Å². The highest BCUT2D eigenvalue weighted by atomic mass is 35.5. The average molecular weight is 340 g/mol. The molecule has 2 aromatic rings. The summed E-state index contributed by atoms with van der Waals surface area (Å²) in [6, 6.07) is 5.18. The van der Waals surface area contributed by atoms with Crippen LogP contribution in [0.2, 0.25) is 10.0 Å². The molecule has 0 saturated carbocycles. The summed E-state index contributed by atoms with van der Waals surface area (Å²) in [5.74, 6) is 1.21. The first-order chi connectivity index (χ1) is 10.6. The van der Waals surface area contributed by atoms with E-state index in [1.165, 1.54) is 6.33 Å². The van der Waals surface area contributed by atoms with Crippen LogP contribution in [0.3, 0.4) is 0 Å². The Labute approximate surface area is 138 Å². The fourth-order valence-corrected chi connectivity index (χ4v) is 2.69. The van der Waals surface area contributed by atoms with E-state index in [1.807, 2.05) is 0 Å². The Hall–Kier alpha value is -1.76. The fraction of sp³-hybridized carbons (Fsp3) is 0.286. The van der Waals surface area contributed by atoms with Gasteiger partial charge in [0, 0.05) is 18.1 Å². The highest BCUT2D eigenvalue weighted by Gasteiger charge is 2.18. The first-order valence-electron chi connectivity index (χ1n) is 6.80. The smallest absolute Gasteiger partial charge is 0.159 e. The van der Waals surface area contributed by atoms with Gasteiger partial charge in [-0.15, -0.1) is 0 Å². The molecule has 2 heterocycles. The molecule has 0 spiro atoms. The molecule has 1 aliphatic heterocycles. The first-order valence-corrected chi connectivity index (χ1v) is 7.56. The molecule has 0 atom stereocenters. The number of nitrogens with two attached hydrogens (primary N) is 1. The number of halogens is 2. The summed E-state index contributed by atoms with van der Waals surface area (Å²) in [5, 5.41) is 4.19. The maximum Gasteiger partial charge on any atom is 0.159 e. The van der Waals surface area contributed by atoms with E-state index < -0.39 is 0 Å². The molecule has 3 N–H and O–H groups in total. The lowest BCUT2D eigenvalue weighted by Crippen LogP contribution is -2.37. The van der Waals surface area contributed by atoms with E-state index >= 15 is 0 Å². The van der Waals surface area contributed by atoms with Gasteiger partial charge in [0.2, 0.25) is 0 Å². The van der Waals surface area contributed by atoms with Gasteiger partial charge in [0.15, 0.2) is 11.6 Å². The van der Waals surface area contributed by atoms with Crippen molar-refractivity contribution < 1.29 is 4.74 Å². The van der Waals surface area contributed by atoms with Gasteiger partial charge in [0.25, 0.3) is 0 Å². The molecular weight excluding hydrogens is 325 g/mol. The molecule has 0 bridgehead atoms. The molecule has 116 valence electrons. The molecule has 0 unspecified atom stereocenters. The van der Waals surface area contributed by atoms with Crippen molar-refractivity contribution in [1.29, 1.82) is 0 Å². The van der Waals surface area contributed by atoms with E-state index in [4.69, 9.17) is 33.7 Å². The second-order valence-electron chi connectivity index (χ2n) is 4.81. The highest BCUT2D eigenvalue weighted by molar-refractivity contribution is 6.36. The zero-order chi connectivity index (χ0) is 15.5. The lowest BCUT2D eigenvalue weighted by molar-refractivity contribution is 0.122. The van der Waals surface area contributed by atoms with Crippen LogP contribution in [0.5, 0.6) is 0 Å². The zero-order valence-corrected chi connectivity index (χ0v) is 13.2. The fourth-order valence-electron chi connectivity index (χ4n) is 2.23. The lowest BCUT2D eigenvalue weighted by Gasteiger charge is -2.29. The molecule has 1 fully saturated rings. The van der Waals surface area contributed by atoms with Crippen LogP contribution in [0.4, 0.5) is 23.0 Å². The van der Waals surface area contributed by atoms with Crippen LogP contribution in [-0.2, 0) is 4.74 Å². The number of nitrogens with zero attached hydrogens (tertiary/aromatic N) is 3. The quantitative estimate of drug-likeness (QED) is 0.895. The van der Waals surface area contributed by atoms with Gasteiger partial charge in [-0.25, -0.2) is 9.97 Å². The minimum atomic E-state index is 0.482. The van der Waals surface area contributed by atoms with Crippen LogP contribution in [0.1, 0.15) is 0 Å². The van der Waals surface area contributed by atoms with Crippen LogP contribution in [0.25, 0.3) is 0 Å². The van der Waals surface area contributed by atoms with Crippen molar-refractivity contribution in [1.82, 2.24) is 9.97 Å². The van der Waals surface area contributed by atoms with Crippen LogP contribution < -0.4 is 16.0 Å². The number of morpholine rings is 1. The predicted octanol–water partition coefficient (Wildman–Crippen LogP) is 2.95. The number of hydrogen-bond acceptors (Lipinski definition) is 6. The normalized spacial score (nSPS) is 14.9. The zero-order valence-electron chi connectivity index (χ0n) is 11.7. The first kappa shape index (κ1) is 15.1.